The van der Waals surface area contributed by atoms with Crippen LogP contribution in [0.4, 0.5) is 10.1 Å². The molecular formula is C16H18FN3O. The number of benzene rings is 1. The van der Waals surface area contributed by atoms with Crippen LogP contribution in [0.1, 0.15) is 16.1 Å². The minimum atomic E-state index is -0.229. The molecule has 0 saturated carbocycles. The van der Waals surface area contributed by atoms with E-state index in [2.05, 4.69) is 10.3 Å². The first kappa shape index (κ1) is 15.0. The van der Waals surface area contributed by atoms with Gasteiger partial charge in [0.05, 0.1) is 0 Å². The van der Waals surface area contributed by atoms with Gasteiger partial charge in [-0.05, 0) is 36.2 Å². The Bertz CT molecular complexity index is 611. The molecule has 1 heterocycles. The Kier molecular flexibility index (Phi) is 4.87. The third-order valence-electron chi connectivity index (χ3n) is 3.04. The maximum Gasteiger partial charge on any atom is 0.272 e. The Hall–Kier alpha value is -2.43. The van der Waals surface area contributed by atoms with Crippen molar-refractivity contribution in [2.24, 2.45) is 0 Å². The van der Waals surface area contributed by atoms with E-state index in [1.807, 2.05) is 6.07 Å². The van der Waals surface area contributed by atoms with E-state index < -0.39 is 0 Å². The minimum absolute atomic E-state index is 0.128. The molecule has 0 aliphatic heterocycles. The van der Waals surface area contributed by atoms with Crippen LogP contribution in [0.25, 0.3) is 0 Å². The van der Waals surface area contributed by atoms with Crippen LogP contribution >= 0.6 is 0 Å². The lowest BCUT2D eigenvalue weighted by Crippen LogP contribution is -2.22. The number of nitrogens with zero attached hydrogens (tertiary/aromatic N) is 2. The number of pyridine rings is 1. The van der Waals surface area contributed by atoms with E-state index in [9.17, 15) is 9.18 Å². The third-order valence-corrected chi connectivity index (χ3v) is 3.04. The van der Waals surface area contributed by atoms with Crippen LogP contribution in [0, 0.1) is 5.82 Å². The molecule has 1 aromatic heterocycles. The van der Waals surface area contributed by atoms with E-state index in [1.165, 1.54) is 17.0 Å². The average Bonchev–Trinajstić information content (AvgIpc) is 2.49. The highest BCUT2D eigenvalue weighted by molar-refractivity contribution is 5.92. The van der Waals surface area contributed by atoms with Crippen molar-refractivity contribution in [3.63, 3.8) is 0 Å². The summed E-state index contributed by atoms with van der Waals surface area (Å²) in [6, 6.07) is 9.99. The molecule has 0 atom stereocenters. The Morgan fingerprint density at radius 2 is 1.95 bits per heavy atom. The number of aromatic nitrogens is 1. The molecule has 2 rings (SSSR count). The van der Waals surface area contributed by atoms with Crippen LogP contribution in [-0.4, -0.2) is 36.4 Å². The predicted octanol–water partition coefficient (Wildman–Crippen LogP) is 2.58. The number of carbonyl (C=O) groups is 1. The summed E-state index contributed by atoms with van der Waals surface area (Å²) >= 11 is 0. The largest absolute Gasteiger partial charge is 0.385 e. The molecule has 0 aliphatic rings. The van der Waals surface area contributed by atoms with Crippen molar-refractivity contribution in [2.75, 3.05) is 26.0 Å². The molecule has 0 radical (unpaired) electrons. The zero-order chi connectivity index (χ0) is 15.2. The summed E-state index contributed by atoms with van der Waals surface area (Å²) in [5, 5.41) is 3.24. The Labute approximate surface area is 123 Å². The van der Waals surface area contributed by atoms with Gasteiger partial charge in [-0.15, -0.1) is 0 Å². The van der Waals surface area contributed by atoms with E-state index >= 15 is 0 Å². The molecule has 0 bridgehead atoms. The lowest BCUT2D eigenvalue weighted by atomic mass is 10.1. The fourth-order valence-corrected chi connectivity index (χ4v) is 1.89. The first-order valence-electron chi connectivity index (χ1n) is 6.72. The summed E-state index contributed by atoms with van der Waals surface area (Å²) in [6.07, 6.45) is 2.39. The molecule has 1 N–H and O–H groups in total. The van der Waals surface area contributed by atoms with Gasteiger partial charge >= 0.3 is 0 Å². The fraction of sp³-hybridized carbons (Fsp3) is 0.250. The van der Waals surface area contributed by atoms with Gasteiger partial charge in [-0.25, -0.2) is 4.39 Å². The Morgan fingerprint density at radius 3 is 2.62 bits per heavy atom. The van der Waals surface area contributed by atoms with Crippen molar-refractivity contribution in [1.29, 1.82) is 0 Å². The molecule has 0 unspecified atom stereocenters. The molecule has 0 saturated heterocycles. The van der Waals surface area contributed by atoms with Gasteiger partial charge in [0, 0.05) is 32.5 Å². The van der Waals surface area contributed by atoms with Gasteiger partial charge in [-0.2, -0.15) is 0 Å². The number of hydrogen-bond donors (Lipinski definition) is 1. The second kappa shape index (κ2) is 6.83. The first-order valence-corrected chi connectivity index (χ1v) is 6.72. The summed E-state index contributed by atoms with van der Waals surface area (Å²) in [7, 11) is 3.39. The standard InChI is InChI=1S/C16H18FN3O/c1-20(2)16(21)15-11-14(8-10-19-15)18-9-7-12-3-5-13(17)6-4-12/h3-6,8,10-11H,7,9H2,1-2H3,(H,18,19). The van der Waals surface area contributed by atoms with Gasteiger partial charge in [0.2, 0.25) is 0 Å². The van der Waals surface area contributed by atoms with Crippen LogP contribution in [-0.2, 0) is 6.42 Å². The van der Waals surface area contributed by atoms with Gasteiger partial charge in [-0.3, -0.25) is 9.78 Å². The van der Waals surface area contributed by atoms with Gasteiger partial charge in [0.1, 0.15) is 11.5 Å². The average molecular weight is 287 g/mol. The number of rotatable bonds is 5. The Morgan fingerprint density at radius 1 is 1.24 bits per heavy atom. The second-order valence-corrected chi connectivity index (χ2v) is 4.93. The molecule has 5 heteroatoms. The SMILES string of the molecule is CN(C)C(=O)c1cc(NCCc2ccc(F)cc2)ccn1. The highest BCUT2D eigenvalue weighted by Gasteiger charge is 2.09. The molecule has 0 aliphatic carbocycles. The molecule has 21 heavy (non-hydrogen) atoms. The summed E-state index contributed by atoms with van der Waals surface area (Å²) in [4.78, 5) is 17.4. The number of nitrogens with one attached hydrogen (secondary N) is 1. The smallest absolute Gasteiger partial charge is 0.272 e. The molecule has 0 spiro atoms. The molecule has 4 nitrogen and oxygen atoms in total. The third kappa shape index (κ3) is 4.27. The van der Waals surface area contributed by atoms with E-state index in [4.69, 9.17) is 0 Å². The van der Waals surface area contributed by atoms with Crippen LogP contribution in [0.2, 0.25) is 0 Å². The van der Waals surface area contributed by atoms with Crippen LogP contribution in [0.5, 0.6) is 0 Å². The number of halogens is 1. The number of amides is 1. The maximum atomic E-state index is 12.8. The van der Waals surface area contributed by atoms with E-state index in [-0.39, 0.29) is 11.7 Å². The second-order valence-electron chi connectivity index (χ2n) is 4.93. The van der Waals surface area contributed by atoms with E-state index in [0.29, 0.717) is 12.2 Å². The maximum absolute atomic E-state index is 12.8. The first-order chi connectivity index (χ1) is 10.1. The minimum Gasteiger partial charge on any atom is -0.385 e. The van der Waals surface area contributed by atoms with Crippen molar-refractivity contribution in [3.05, 3.63) is 59.7 Å². The van der Waals surface area contributed by atoms with Crippen molar-refractivity contribution >= 4 is 11.6 Å². The van der Waals surface area contributed by atoms with E-state index in [1.54, 1.807) is 38.5 Å². The molecular weight excluding hydrogens is 269 g/mol. The number of hydrogen-bond acceptors (Lipinski definition) is 3. The van der Waals surface area contributed by atoms with E-state index in [0.717, 1.165) is 17.7 Å². The molecule has 110 valence electrons. The summed E-state index contributed by atoms with van der Waals surface area (Å²) < 4.78 is 12.8. The molecule has 2 aromatic rings. The van der Waals surface area contributed by atoms with Crippen molar-refractivity contribution < 1.29 is 9.18 Å². The quantitative estimate of drug-likeness (QED) is 0.919. The molecule has 1 amide bonds. The fourth-order valence-electron chi connectivity index (χ4n) is 1.89. The van der Waals surface area contributed by atoms with Crippen molar-refractivity contribution in [3.8, 4) is 0 Å². The van der Waals surface area contributed by atoms with Crippen LogP contribution in [0.3, 0.4) is 0 Å². The number of carbonyl (C=O) groups excluding carboxylic acids is 1. The van der Waals surface area contributed by atoms with Gasteiger partial charge < -0.3 is 10.2 Å². The van der Waals surface area contributed by atoms with Crippen LogP contribution in [0.15, 0.2) is 42.6 Å². The van der Waals surface area contributed by atoms with Gasteiger partial charge in [0.15, 0.2) is 0 Å². The molecule has 1 aromatic carbocycles. The van der Waals surface area contributed by atoms with Crippen LogP contribution < -0.4 is 5.32 Å². The lowest BCUT2D eigenvalue weighted by molar-refractivity contribution is 0.0822. The van der Waals surface area contributed by atoms with Gasteiger partial charge in [-0.1, -0.05) is 12.1 Å². The van der Waals surface area contributed by atoms with Crippen molar-refractivity contribution in [1.82, 2.24) is 9.88 Å². The Balaban J connectivity index is 1.93. The molecule has 0 fully saturated rings. The highest BCUT2D eigenvalue weighted by atomic mass is 19.1. The number of anilines is 1. The zero-order valence-electron chi connectivity index (χ0n) is 12.1. The summed E-state index contributed by atoms with van der Waals surface area (Å²) in [5.41, 5.74) is 2.31. The van der Waals surface area contributed by atoms with Gasteiger partial charge in [0.25, 0.3) is 5.91 Å². The monoisotopic (exact) mass is 287 g/mol. The highest BCUT2D eigenvalue weighted by Crippen LogP contribution is 2.10. The van der Waals surface area contributed by atoms with Crippen molar-refractivity contribution in [2.45, 2.75) is 6.42 Å². The summed E-state index contributed by atoms with van der Waals surface area (Å²) in [6.45, 7) is 0.700. The predicted molar refractivity (Wildman–Crippen MR) is 80.8 cm³/mol. The topological polar surface area (TPSA) is 45.2 Å². The zero-order valence-corrected chi connectivity index (χ0v) is 12.1. The normalized spacial score (nSPS) is 10.2. The lowest BCUT2D eigenvalue weighted by Gasteiger charge is -2.11. The summed E-state index contributed by atoms with van der Waals surface area (Å²) in [5.74, 6) is -0.357.